The predicted molar refractivity (Wildman–Crippen MR) is 111 cm³/mol. The van der Waals surface area contributed by atoms with E-state index >= 15 is 0 Å². The van der Waals surface area contributed by atoms with Crippen molar-refractivity contribution in [3.05, 3.63) is 51.0 Å². The predicted octanol–water partition coefficient (Wildman–Crippen LogP) is 5.48. The molecule has 0 fully saturated rings. The highest BCUT2D eigenvalue weighted by Crippen LogP contribution is 2.34. The minimum absolute atomic E-state index is 0.0460. The van der Waals surface area contributed by atoms with E-state index < -0.39 is 34.4 Å². The van der Waals surface area contributed by atoms with Crippen LogP contribution in [0, 0.1) is 0 Å². The third-order valence-electron chi connectivity index (χ3n) is 4.57. The van der Waals surface area contributed by atoms with Gasteiger partial charge >= 0.3 is 12.4 Å². The Balaban J connectivity index is 1.97. The summed E-state index contributed by atoms with van der Waals surface area (Å²) in [5.74, 6) is -0.941. The molecule has 4 nitrogen and oxygen atoms in total. The molecular weight excluding hydrogens is 456 g/mol. The van der Waals surface area contributed by atoms with E-state index in [0.29, 0.717) is 23.4 Å². The van der Waals surface area contributed by atoms with E-state index in [1.807, 2.05) is 0 Å². The van der Waals surface area contributed by atoms with Crippen LogP contribution in [0.5, 0.6) is 0 Å². The third kappa shape index (κ3) is 8.09. The van der Waals surface area contributed by atoms with Crippen LogP contribution in [-0.2, 0) is 25.2 Å². The number of benzene rings is 1. The number of aromatic nitrogens is 1. The van der Waals surface area contributed by atoms with Crippen LogP contribution in [0.25, 0.3) is 0 Å². The first-order chi connectivity index (χ1) is 15.0. The molecule has 1 heterocycles. The van der Waals surface area contributed by atoms with Crippen LogP contribution in [0.2, 0.25) is 0 Å². The Bertz CT molecular complexity index is 879. The number of alkyl halides is 6. The van der Waals surface area contributed by atoms with Gasteiger partial charge in [-0.2, -0.15) is 26.3 Å². The van der Waals surface area contributed by atoms with Crippen molar-refractivity contribution in [2.45, 2.75) is 51.4 Å². The summed E-state index contributed by atoms with van der Waals surface area (Å²) < 4.78 is 78.3. The lowest BCUT2D eigenvalue weighted by Gasteiger charge is -2.10. The van der Waals surface area contributed by atoms with Gasteiger partial charge in [0.25, 0.3) is 5.91 Å². The van der Waals surface area contributed by atoms with Crippen LogP contribution in [-0.4, -0.2) is 30.5 Å². The zero-order valence-corrected chi connectivity index (χ0v) is 18.3. The van der Waals surface area contributed by atoms with Crippen LogP contribution in [0.4, 0.5) is 26.3 Å². The van der Waals surface area contributed by atoms with Crippen LogP contribution in [0.3, 0.4) is 0 Å². The van der Waals surface area contributed by atoms with E-state index in [2.05, 4.69) is 22.5 Å². The van der Waals surface area contributed by atoms with Gasteiger partial charge in [-0.1, -0.05) is 38.0 Å². The first-order valence-corrected chi connectivity index (χ1v) is 11.1. The number of nitrogens with one attached hydrogen (secondary N) is 2. The molecule has 1 aromatic carbocycles. The topological polar surface area (TPSA) is 54.0 Å². The van der Waals surface area contributed by atoms with E-state index in [4.69, 9.17) is 0 Å². The summed E-state index contributed by atoms with van der Waals surface area (Å²) in [5, 5.41) is 5.69. The molecular formula is C21H25F6N3OS. The number of hydrogen-bond acceptors (Lipinski definition) is 4. The molecule has 0 spiro atoms. The van der Waals surface area contributed by atoms with E-state index in [1.165, 1.54) is 12.1 Å². The van der Waals surface area contributed by atoms with Gasteiger partial charge in [-0.25, -0.2) is 4.98 Å². The van der Waals surface area contributed by atoms with Crippen molar-refractivity contribution in [1.29, 1.82) is 0 Å². The fraction of sp³-hybridized carbons (Fsp3) is 0.524. The molecule has 0 radical (unpaired) electrons. The number of amides is 1. The molecule has 178 valence electrons. The van der Waals surface area contributed by atoms with Gasteiger partial charge in [-0.3, -0.25) is 4.79 Å². The lowest BCUT2D eigenvalue weighted by Crippen LogP contribution is -2.27. The maximum absolute atomic E-state index is 13.3. The van der Waals surface area contributed by atoms with Gasteiger partial charge in [0.1, 0.15) is 4.88 Å². The highest BCUT2D eigenvalue weighted by atomic mass is 32.1. The molecule has 1 aromatic heterocycles. The maximum atomic E-state index is 13.3. The Kier molecular flexibility index (Phi) is 9.50. The van der Waals surface area contributed by atoms with Crippen molar-refractivity contribution in [1.82, 2.24) is 15.6 Å². The van der Waals surface area contributed by atoms with Crippen LogP contribution < -0.4 is 10.6 Å². The normalized spacial score (nSPS) is 12.2. The molecule has 0 bridgehead atoms. The van der Waals surface area contributed by atoms with E-state index in [9.17, 15) is 31.1 Å². The van der Waals surface area contributed by atoms with Crippen molar-refractivity contribution in [2.75, 3.05) is 19.6 Å². The monoisotopic (exact) mass is 481 g/mol. The highest BCUT2D eigenvalue weighted by molar-refractivity contribution is 7.13. The summed E-state index contributed by atoms with van der Waals surface area (Å²) in [4.78, 5) is 15.4. The molecule has 0 atom stereocenters. The van der Waals surface area contributed by atoms with Crippen molar-refractivity contribution in [2.24, 2.45) is 0 Å². The SMILES string of the molecule is CCCCCNCCc1nc(C(F)(F)F)c(C(=O)NCCc2cccc(C(F)(F)F)c2)s1. The van der Waals surface area contributed by atoms with E-state index in [0.717, 1.165) is 37.9 Å². The third-order valence-corrected chi connectivity index (χ3v) is 5.69. The number of carbonyl (C=O) groups is 1. The highest BCUT2D eigenvalue weighted by Gasteiger charge is 2.39. The summed E-state index contributed by atoms with van der Waals surface area (Å²) in [6.45, 7) is 3.17. The van der Waals surface area contributed by atoms with Gasteiger partial charge in [0.15, 0.2) is 5.69 Å². The first kappa shape index (κ1) is 26.1. The molecule has 2 N–H and O–H groups in total. The smallest absolute Gasteiger partial charge is 0.351 e. The van der Waals surface area contributed by atoms with Crippen molar-refractivity contribution in [3.63, 3.8) is 0 Å². The zero-order valence-electron chi connectivity index (χ0n) is 17.5. The Morgan fingerprint density at radius 1 is 1.00 bits per heavy atom. The summed E-state index contributed by atoms with van der Waals surface area (Å²) in [7, 11) is 0. The molecule has 0 saturated heterocycles. The lowest BCUT2D eigenvalue weighted by molar-refractivity contribution is -0.141. The maximum Gasteiger partial charge on any atom is 0.435 e. The first-order valence-electron chi connectivity index (χ1n) is 10.2. The Hall–Kier alpha value is -2.14. The molecule has 0 saturated carbocycles. The minimum atomic E-state index is -4.78. The largest absolute Gasteiger partial charge is 0.435 e. The number of rotatable bonds is 11. The molecule has 32 heavy (non-hydrogen) atoms. The Labute approximate surface area is 186 Å². The lowest BCUT2D eigenvalue weighted by atomic mass is 10.1. The zero-order chi connectivity index (χ0) is 23.8. The second-order valence-corrected chi connectivity index (χ2v) is 8.28. The summed E-state index contributed by atoms with van der Waals surface area (Å²) in [6.07, 6.45) is -5.87. The second-order valence-electron chi connectivity index (χ2n) is 7.19. The van der Waals surface area contributed by atoms with Crippen LogP contribution in [0.1, 0.15) is 57.7 Å². The average Bonchev–Trinajstić information content (AvgIpc) is 3.15. The van der Waals surface area contributed by atoms with Gasteiger partial charge in [-0.05, 0) is 31.0 Å². The quantitative estimate of drug-likeness (QED) is 0.330. The fourth-order valence-electron chi connectivity index (χ4n) is 2.94. The molecule has 1 amide bonds. The number of nitrogens with zero attached hydrogens (tertiary/aromatic N) is 1. The Morgan fingerprint density at radius 2 is 1.75 bits per heavy atom. The molecule has 2 rings (SSSR count). The standard InChI is InChI=1S/C21H25F6N3OS/c1-2-3-4-10-28-11-9-16-30-18(21(25,26)27)17(32-16)19(31)29-12-8-14-6-5-7-15(13-14)20(22,23)24/h5-7,13,28H,2-4,8-12H2,1H3,(H,29,31). The summed E-state index contributed by atoms with van der Waals surface area (Å²) in [5.41, 5.74) is -1.74. The number of carbonyl (C=O) groups excluding carboxylic acids is 1. The van der Waals surface area contributed by atoms with Gasteiger partial charge in [-0.15, -0.1) is 11.3 Å². The van der Waals surface area contributed by atoms with Gasteiger partial charge in [0, 0.05) is 19.5 Å². The van der Waals surface area contributed by atoms with Crippen molar-refractivity contribution >= 4 is 17.2 Å². The average molecular weight is 482 g/mol. The van der Waals surface area contributed by atoms with E-state index in [-0.39, 0.29) is 24.4 Å². The fourth-order valence-corrected chi connectivity index (χ4v) is 3.94. The minimum Gasteiger partial charge on any atom is -0.351 e. The van der Waals surface area contributed by atoms with Gasteiger partial charge < -0.3 is 10.6 Å². The van der Waals surface area contributed by atoms with Gasteiger partial charge in [0.05, 0.1) is 10.6 Å². The molecule has 0 unspecified atom stereocenters. The molecule has 0 aliphatic heterocycles. The number of halogens is 6. The van der Waals surface area contributed by atoms with Crippen LogP contribution in [0.15, 0.2) is 24.3 Å². The van der Waals surface area contributed by atoms with Crippen molar-refractivity contribution in [3.8, 4) is 0 Å². The number of hydrogen-bond donors (Lipinski definition) is 2. The number of thiazole rings is 1. The molecule has 0 aliphatic carbocycles. The summed E-state index contributed by atoms with van der Waals surface area (Å²) >= 11 is 0.683. The van der Waals surface area contributed by atoms with E-state index in [1.54, 1.807) is 0 Å². The number of unbranched alkanes of at least 4 members (excludes halogenated alkanes) is 2. The van der Waals surface area contributed by atoms with Gasteiger partial charge in [0.2, 0.25) is 0 Å². The molecule has 2 aromatic rings. The second kappa shape index (κ2) is 11.6. The molecule has 0 aliphatic rings. The summed E-state index contributed by atoms with van der Waals surface area (Å²) in [6, 6.07) is 4.58. The molecule has 11 heteroatoms. The van der Waals surface area contributed by atoms with Crippen molar-refractivity contribution < 1.29 is 31.1 Å². The van der Waals surface area contributed by atoms with Crippen LogP contribution >= 0.6 is 11.3 Å². The Morgan fingerprint density at radius 3 is 2.41 bits per heavy atom.